The maximum absolute atomic E-state index is 10.8. The van der Waals surface area contributed by atoms with Gasteiger partial charge < -0.3 is 15.2 Å². The van der Waals surface area contributed by atoms with Crippen molar-refractivity contribution in [3.05, 3.63) is 22.2 Å². The SMILES string of the molecule is O=[N+]([O-])c1ccc(NCCCOCCO)c2nonc12. The van der Waals surface area contributed by atoms with Crippen molar-refractivity contribution < 1.29 is 19.4 Å². The molecule has 2 N–H and O–H groups in total. The van der Waals surface area contributed by atoms with Crippen LogP contribution in [0.15, 0.2) is 16.8 Å². The van der Waals surface area contributed by atoms with E-state index in [-0.39, 0.29) is 17.8 Å². The van der Waals surface area contributed by atoms with Gasteiger partial charge in [0, 0.05) is 19.2 Å². The van der Waals surface area contributed by atoms with Crippen LogP contribution in [0.1, 0.15) is 6.42 Å². The predicted octanol–water partition coefficient (Wildman–Crippen LogP) is 0.942. The van der Waals surface area contributed by atoms with Gasteiger partial charge in [0.05, 0.1) is 23.8 Å². The summed E-state index contributed by atoms with van der Waals surface area (Å²) in [5.41, 5.74) is 0.930. The van der Waals surface area contributed by atoms with Gasteiger partial charge in [-0.15, -0.1) is 0 Å². The summed E-state index contributed by atoms with van der Waals surface area (Å²) < 4.78 is 9.68. The predicted molar refractivity (Wildman–Crippen MR) is 69.5 cm³/mol. The molecule has 0 aliphatic heterocycles. The molecular weight excluding hydrogens is 268 g/mol. The molecule has 1 aromatic carbocycles. The van der Waals surface area contributed by atoms with Crippen molar-refractivity contribution in [3.63, 3.8) is 0 Å². The second kappa shape index (κ2) is 6.78. The van der Waals surface area contributed by atoms with E-state index in [0.29, 0.717) is 31.0 Å². The molecule has 0 bridgehead atoms. The Balaban J connectivity index is 1.99. The van der Waals surface area contributed by atoms with Gasteiger partial charge in [0.2, 0.25) is 5.52 Å². The topological polar surface area (TPSA) is 124 Å². The third-order valence-corrected chi connectivity index (χ3v) is 2.61. The minimum Gasteiger partial charge on any atom is -0.394 e. The Morgan fingerprint density at radius 2 is 2.15 bits per heavy atom. The lowest BCUT2D eigenvalue weighted by molar-refractivity contribution is -0.383. The fourth-order valence-corrected chi connectivity index (χ4v) is 1.71. The quantitative estimate of drug-likeness (QED) is 0.416. The average Bonchev–Trinajstić information content (AvgIpc) is 2.91. The molecular formula is C11H14N4O5. The lowest BCUT2D eigenvalue weighted by Crippen LogP contribution is -2.08. The number of nitrogens with zero attached hydrogens (tertiary/aromatic N) is 3. The number of benzene rings is 1. The fraction of sp³-hybridized carbons (Fsp3) is 0.455. The summed E-state index contributed by atoms with van der Waals surface area (Å²) in [7, 11) is 0. The van der Waals surface area contributed by atoms with Gasteiger partial charge in [0.25, 0.3) is 0 Å². The molecule has 2 rings (SSSR count). The van der Waals surface area contributed by atoms with Crippen LogP contribution in [0, 0.1) is 10.1 Å². The van der Waals surface area contributed by atoms with Gasteiger partial charge in [-0.1, -0.05) is 0 Å². The number of non-ortho nitro benzene ring substituents is 1. The molecule has 2 aromatic rings. The monoisotopic (exact) mass is 282 g/mol. The summed E-state index contributed by atoms with van der Waals surface area (Å²) >= 11 is 0. The molecule has 0 unspecified atom stereocenters. The van der Waals surface area contributed by atoms with Gasteiger partial charge in [-0.3, -0.25) is 10.1 Å². The molecule has 1 heterocycles. The summed E-state index contributed by atoms with van der Waals surface area (Å²) in [6.45, 7) is 1.43. The van der Waals surface area contributed by atoms with Crippen molar-refractivity contribution in [2.45, 2.75) is 6.42 Å². The van der Waals surface area contributed by atoms with Crippen molar-refractivity contribution in [3.8, 4) is 0 Å². The molecule has 0 aliphatic carbocycles. The number of aromatic nitrogens is 2. The number of rotatable bonds is 8. The van der Waals surface area contributed by atoms with E-state index in [9.17, 15) is 10.1 Å². The van der Waals surface area contributed by atoms with Crippen molar-refractivity contribution in [1.82, 2.24) is 10.3 Å². The maximum Gasteiger partial charge on any atom is 0.300 e. The number of anilines is 1. The molecule has 0 saturated heterocycles. The van der Waals surface area contributed by atoms with Crippen LogP contribution in [0.2, 0.25) is 0 Å². The zero-order chi connectivity index (χ0) is 14.4. The van der Waals surface area contributed by atoms with Crippen LogP contribution in [-0.2, 0) is 4.74 Å². The Bertz CT molecular complexity index is 585. The second-order valence-corrected chi connectivity index (χ2v) is 3.97. The van der Waals surface area contributed by atoms with Crippen LogP contribution in [-0.4, -0.2) is 46.7 Å². The molecule has 0 spiro atoms. The standard InChI is InChI=1S/C11H14N4O5/c16-5-7-19-6-1-4-12-8-2-3-9(15(17)18)11-10(8)13-20-14-11/h2-3,12,16H,1,4-7H2. The minimum absolute atomic E-state index is 0.00100. The zero-order valence-corrected chi connectivity index (χ0v) is 10.6. The third kappa shape index (κ3) is 3.19. The van der Waals surface area contributed by atoms with Gasteiger partial charge in [-0.25, -0.2) is 4.63 Å². The first-order valence-electron chi connectivity index (χ1n) is 6.06. The lowest BCUT2D eigenvalue weighted by Gasteiger charge is -2.06. The highest BCUT2D eigenvalue weighted by Gasteiger charge is 2.19. The molecule has 0 atom stereocenters. The Kier molecular flexibility index (Phi) is 4.80. The number of hydrogen-bond acceptors (Lipinski definition) is 8. The van der Waals surface area contributed by atoms with Crippen molar-refractivity contribution in [2.24, 2.45) is 0 Å². The van der Waals surface area contributed by atoms with E-state index in [2.05, 4.69) is 20.3 Å². The summed E-state index contributed by atoms with van der Waals surface area (Å²) in [6, 6.07) is 2.93. The molecule has 9 heteroatoms. The molecule has 0 aliphatic rings. The van der Waals surface area contributed by atoms with E-state index in [1.165, 1.54) is 6.07 Å². The van der Waals surface area contributed by atoms with E-state index >= 15 is 0 Å². The van der Waals surface area contributed by atoms with Crippen molar-refractivity contribution in [2.75, 3.05) is 31.7 Å². The van der Waals surface area contributed by atoms with Crippen LogP contribution >= 0.6 is 0 Å². The van der Waals surface area contributed by atoms with E-state index in [4.69, 9.17) is 9.84 Å². The maximum atomic E-state index is 10.8. The normalized spacial score (nSPS) is 10.8. The third-order valence-electron chi connectivity index (χ3n) is 2.61. The Morgan fingerprint density at radius 1 is 1.35 bits per heavy atom. The Morgan fingerprint density at radius 3 is 2.90 bits per heavy atom. The molecule has 1 aromatic heterocycles. The lowest BCUT2D eigenvalue weighted by atomic mass is 10.2. The van der Waals surface area contributed by atoms with Crippen LogP contribution in [0.5, 0.6) is 0 Å². The number of fused-ring (bicyclic) bond motifs is 1. The highest BCUT2D eigenvalue weighted by atomic mass is 16.6. The van der Waals surface area contributed by atoms with Gasteiger partial charge in [-0.2, -0.15) is 0 Å². The molecule has 0 amide bonds. The van der Waals surface area contributed by atoms with Crippen LogP contribution in [0.4, 0.5) is 11.4 Å². The van der Waals surface area contributed by atoms with Crippen molar-refractivity contribution >= 4 is 22.4 Å². The molecule has 9 nitrogen and oxygen atoms in total. The van der Waals surface area contributed by atoms with Crippen molar-refractivity contribution in [1.29, 1.82) is 0 Å². The molecule has 0 saturated carbocycles. The number of nitrogens with one attached hydrogen (secondary N) is 1. The van der Waals surface area contributed by atoms with Crippen LogP contribution < -0.4 is 5.32 Å². The highest BCUT2D eigenvalue weighted by Crippen LogP contribution is 2.28. The van der Waals surface area contributed by atoms with Gasteiger partial charge in [0.1, 0.15) is 0 Å². The number of aliphatic hydroxyl groups excluding tert-OH is 1. The first-order chi connectivity index (χ1) is 9.74. The second-order valence-electron chi connectivity index (χ2n) is 3.97. The molecule has 20 heavy (non-hydrogen) atoms. The van der Waals surface area contributed by atoms with Crippen LogP contribution in [0.25, 0.3) is 11.0 Å². The Hall–Kier alpha value is -2.26. The van der Waals surface area contributed by atoms with Gasteiger partial charge in [0.15, 0.2) is 5.52 Å². The molecule has 0 fully saturated rings. The number of nitro benzene ring substituents is 1. The first-order valence-corrected chi connectivity index (χ1v) is 6.06. The summed E-state index contributed by atoms with van der Waals surface area (Å²) in [5, 5.41) is 29.7. The minimum atomic E-state index is -0.529. The van der Waals surface area contributed by atoms with E-state index in [1.54, 1.807) is 6.07 Å². The van der Waals surface area contributed by atoms with Gasteiger partial charge >= 0.3 is 5.69 Å². The Labute approximate surface area is 113 Å². The smallest absolute Gasteiger partial charge is 0.300 e. The van der Waals surface area contributed by atoms with E-state index in [0.717, 1.165) is 6.42 Å². The molecule has 0 radical (unpaired) electrons. The number of aliphatic hydroxyl groups is 1. The van der Waals surface area contributed by atoms with Crippen LogP contribution in [0.3, 0.4) is 0 Å². The highest BCUT2D eigenvalue weighted by molar-refractivity contribution is 5.93. The number of nitro groups is 1. The number of hydrogen-bond donors (Lipinski definition) is 2. The summed E-state index contributed by atoms with van der Waals surface area (Å²) in [5.74, 6) is 0. The largest absolute Gasteiger partial charge is 0.394 e. The average molecular weight is 282 g/mol. The zero-order valence-electron chi connectivity index (χ0n) is 10.6. The summed E-state index contributed by atoms with van der Waals surface area (Å²) in [4.78, 5) is 10.3. The summed E-state index contributed by atoms with van der Waals surface area (Å²) in [6.07, 6.45) is 0.726. The number of ether oxygens (including phenoxy) is 1. The van der Waals surface area contributed by atoms with Gasteiger partial charge in [-0.05, 0) is 22.8 Å². The van der Waals surface area contributed by atoms with E-state index in [1.807, 2.05) is 0 Å². The fourth-order valence-electron chi connectivity index (χ4n) is 1.71. The van der Waals surface area contributed by atoms with E-state index < -0.39 is 4.92 Å². The first kappa shape index (κ1) is 14.2. The molecule has 108 valence electrons.